The molecule has 0 saturated heterocycles. The van der Waals surface area contributed by atoms with E-state index in [4.69, 9.17) is 0 Å². The first-order valence-corrected chi connectivity index (χ1v) is 5.98. The molecule has 0 fully saturated rings. The van der Waals surface area contributed by atoms with E-state index in [1.165, 1.54) is 6.21 Å². The third kappa shape index (κ3) is 2.10. The van der Waals surface area contributed by atoms with Crippen molar-refractivity contribution in [3.63, 3.8) is 0 Å². The third-order valence-electron chi connectivity index (χ3n) is 3.29. The summed E-state index contributed by atoms with van der Waals surface area (Å²) in [6, 6.07) is 0. The maximum atomic E-state index is 12.2. The minimum Gasteiger partial charge on any atom is -0.623 e. The van der Waals surface area contributed by atoms with Crippen molar-refractivity contribution in [1.29, 1.82) is 0 Å². The highest BCUT2D eigenvalue weighted by atomic mass is 16.6. The highest BCUT2D eigenvalue weighted by Gasteiger charge is 2.57. The Morgan fingerprint density at radius 2 is 1.72 bits per heavy atom. The van der Waals surface area contributed by atoms with E-state index in [0.717, 1.165) is 9.80 Å². The molecule has 0 aliphatic carbocycles. The van der Waals surface area contributed by atoms with Gasteiger partial charge in [-0.2, -0.15) is 4.74 Å². The van der Waals surface area contributed by atoms with E-state index in [1.807, 2.05) is 0 Å². The summed E-state index contributed by atoms with van der Waals surface area (Å²) >= 11 is 0. The predicted octanol–water partition coefficient (Wildman–Crippen LogP) is 1.54. The average Bonchev–Trinajstić information content (AvgIpc) is 2.30. The van der Waals surface area contributed by atoms with Crippen molar-refractivity contribution < 1.29 is 14.7 Å². The van der Waals surface area contributed by atoms with Crippen molar-refractivity contribution in [2.45, 2.75) is 65.2 Å². The van der Waals surface area contributed by atoms with Crippen LogP contribution in [0.25, 0.3) is 0 Å². The Balaban J connectivity index is 3.36. The van der Waals surface area contributed by atoms with Crippen LogP contribution in [0.4, 0.5) is 0 Å². The van der Waals surface area contributed by atoms with Gasteiger partial charge in [-0.15, -0.1) is 5.06 Å². The van der Waals surface area contributed by atoms with Crippen molar-refractivity contribution in [3.8, 4) is 0 Å². The summed E-state index contributed by atoms with van der Waals surface area (Å²) in [5.41, 5.74) is -2.37. The summed E-state index contributed by atoms with van der Waals surface area (Å²) in [4.78, 5) is 0. The third-order valence-corrected chi connectivity index (χ3v) is 3.29. The van der Waals surface area contributed by atoms with E-state index in [9.17, 15) is 15.6 Å². The zero-order valence-electron chi connectivity index (χ0n) is 12.2. The van der Waals surface area contributed by atoms with Gasteiger partial charge < -0.3 is 15.6 Å². The van der Waals surface area contributed by atoms with Crippen molar-refractivity contribution in [2.75, 3.05) is 0 Å². The van der Waals surface area contributed by atoms with Gasteiger partial charge in [0.05, 0.1) is 0 Å². The summed E-state index contributed by atoms with van der Waals surface area (Å²) in [5.74, 6) is 0. The molecule has 0 aromatic heterocycles. The van der Waals surface area contributed by atoms with Gasteiger partial charge in [-0.25, -0.2) is 4.74 Å². The zero-order chi connectivity index (χ0) is 14.5. The summed E-state index contributed by atoms with van der Waals surface area (Å²) in [5, 5.41) is 35.2. The molecule has 0 unspecified atom stereocenters. The van der Waals surface area contributed by atoms with Crippen molar-refractivity contribution in [3.05, 3.63) is 10.4 Å². The van der Waals surface area contributed by atoms with E-state index in [2.05, 4.69) is 0 Å². The number of hydroxylamine groups is 4. The number of hydrogen-bond acceptors (Lipinski definition) is 4. The van der Waals surface area contributed by atoms with Crippen LogP contribution in [0.5, 0.6) is 0 Å². The molecule has 0 spiro atoms. The van der Waals surface area contributed by atoms with Crippen LogP contribution in [0.3, 0.4) is 0 Å². The van der Waals surface area contributed by atoms with Gasteiger partial charge in [-0.05, 0) is 13.8 Å². The lowest BCUT2D eigenvalue weighted by Gasteiger charge is -2.29. The molecule has 0 amide bonds. The fourth-order valence-electron chi connectivity index (χ4n) is 1.94. The Kier molecular flexibility index (Phi) is 3.26. The van der Waals surface area contributed by atoms with Crippen molar-refractivity contribution >= 4 is 11.9 Å². The topological polar surface area (TPSA) is 75.6 Å². The van der Waals surface area contributed by atoms with Crippen molar-refractivity contribution in [2.24, 2.45) is 0 Å². The first-order chi connectivity index (χ1) is 7.83. The van der Waals surface area contributed by atoms with Crippen LogP contribution in [0.1, 0.15) is 48.5 Å². The second-order valence-corrected chi connectivity index (χ2v) is 6.67. The second kappa shape index (κ2) is 3.93. The molecule has 0 aromatic carbocycles. The first-order valence-electron chi connectivity index (χ1n) is 5.98. The molecule has 1 rings (SSSR count). The van der Waals surface area contributed by atoms with E-state index in [1.54, 1.807) is 48.5 Å². The predicted molar refractivity (Wildman–Crippen MR) is 69.9 cm³/mol. The van der Waals surface area contributed by atoms with Crippen LogP contribution in [0, 0.1) is 10.4 Å². The molecule has 0 atom stereocenters. The fraction of sp³-hybridized carbons (Fsp3) is 0.833. The molecule has 1 aliphatic rings. The maximum absolute atomic E-state index is 12.2. The molecule has 0 aromatic rings. The van der Waals surface area contributed by atoms with E-state index in [-0.39, 0.29) is 5.71 Å². The highest BCUT2D eigenvalue weighted by molar-refractivity contribution is 6.30. The van der Waals surface area contributed by atoms with Gasteiger partial charge >= 0.3 is 0 Å². The molecule has 1 aliphatic heterocycles. The molecule has 0 radical (unpaired) electrons. The highest BCUT2D eigenvalue weighted by Crippen LogP contribution is 2.31. The smallest absolute Gasteiger partial charge is 0.276 e. The van der Waals surface area contributed by atoms with E-state index >= 15 is 0 Å². The van der Waals surface area contributed by atoms with Crippen LogP contribution in [0.2, 0.25) is 0 Å². The van der Waals surface area contributed by atoms with Gasteiger partial charge in [-0.3, -0.25) is 0 Å². The van der Waals surface area contributed by atoms with Crippen LogP contribution in [0.15, 0.2) is 0 Å². The zero-order valence-corrected chi connectivity index (χ0v) is 12.2. The Hall–Kier alpha value is -1.14. The number of rotatable bonds is 1. The molecule has 18 heavy (non-hydrogen) atoms. The quantitative estimate of drug-likeness (QED) is 0.334. The normalized spacial score (nSPS) is 24.8. The lowest BCUT2D eigenvalue weighted by Crippen LogP contribution is -2.51. The summed E-state index contributed by atoms with van der Waals surface area (Å²) in [6.45, 7) is 11.9. The van der Waals surface area contributed by atoms with E-state index in [0.29, 0.717) is 4.74 Å². The van der Waals surface area contributed by atoms with Crippen LogP contribution in [-0.4, -0.2) is 48.4 Å². The average molecular weight is 257 g/mol. The minimum absolute atomic E-state index is 0.250. The Morgan fingerprint density at radius 3 is 2.00 bits per heavy atom. The summed E-state index contributed by atoms with van der Waals surface area (Å²) in [7, 11) is 0. The fourth-order valence-corrected chi connectivity index (χ4v) is 1.94. The van der Waals surface area contributed by atoms with Gasteiger partial charge in [0.1, 0.15) is 5.54 Å². The lowest BCUT2D eigenvalue weighted by molar-refractivity contribution is -0.581. The standard InChI is InChI=1S/C12H23N3O3/c1-10(2,3)13(16)8-9-11(4,5)15(18)12(6,7)14(9)17/h8,18H,1-7H3/b13-8-. The van der Waals surface area contributed by atoms with Gasteiger partial charge in [-0.1, -0.05) is 0 Å². The molecule has 104 valence electrons. The van der Waals surface area contributed by atoms with Crippen LogP contribution < -0.4 is 0 Å². The molecule has 0 bridgehead atoms. The SMILES string of the molecule is CC1(C)C(/C=[N+](\[O-])C(C)(C)C)=[N+]([O-])C(C)(C)N1O. The van der Waals surface area contributed by atoms with Gasteiger partial charge in [0.15, 0.2) is 5.54 Å². The molecule has 1 heterocycles. The summed E-state index contributed by atoms with van der Waals surface area (Å²) < 4.78 is 1.42. The van der Waals surface area contributed by atoms with Gasteiger partial charge in [0.25, 0.3) is 5.71 Å². The van der Waals surface area contributed by atoms with Crippen molar-refractivity contribution in [1.82, 2.24) is 5.06 Å². The van der Waals surface area contributed by atoms with Crippen LogP contribution in [-0.2, 0) is 0 Å². The molecule has 0 saturated carbocycles. The lowest BCUT2D eigenvalue weighted by atomic mass is 9.99. The minimum atomic E-state index is -1.09. The molecule has 1 N–H and O–H groups in total. The molecular formula is C12H23N3O3. The van der Waals surface area contributed by atoms with Crippen LogP contribution >= 0.6 is 0 Å². The molecule has 6 nitrogen and oxygen atoms in total. The Morgan fingerprint density at radius 1 is 1.28 bits per heavy atom. The molecular weight excluding hydrogens is 234 g/mol. The van der Waals surface area contributed by atoms with E-state index < -0.39 is 16.7 Å². The van der Waals surface area contributed by atoms with Gasteiger partial charge in [0, 0.05) is 34.6 Å². The summed E-state index contributed by atoms with van der Waals surface area (Å²) in [6.07, 6.45) is 1.27. The second-order valence-electron chi connectivity index (χ2n) is 6.67. The monoisotopic (exact) mass is 257 g/mol. The number of hydrogen-bond donors (Lipinski definition) is 1. The first kappa shape index (κ1) is 14.9. The Labute approximate surface area is 108 Å². The Bertz CT molecular complexity index is 417. The maximum Gasteiger partial charge on any atom is 0.276 e. The molecule has 6 heteroatoms. The largest absolute Gasteiger partial charge is 0.623 e. The van der Waals surface area contributed by atoms with Gasteiger partial charge in [0.2, 0.25) is 11.9 Å². The number of nitrogens with zero attached hydrogens (tertiary/aromatic N) is 3.